The number of hydroxylamine groups is 1. The number of nitrogens with one attached hydrogen (secondary N) is 1. The van der Waals surface area contributed by atoms with Crippen LogP contribution < -0.4 is 5.48 Å². The van der Waals surface area contributed by atoms with E-state index in [1.807, 2.05) is 25.1 Å². The van der Waals surface area contributed by atoms with Gasteiger partial charge in [-0.25, -0.2) is 9.87 Å². The number of carbonyl (C=O) groups excluding carboxylic acids is 1. The molecule has 0 aliphatic rings. The molecule has 1 amide bonds. The molecule has 136 valence electrons. The number of hydrogen-bond acceptors (Lipinski definition) is 3. The smallest absolute Gasteiger partial charge is 0.245 e. The summed E-state index contributed by atoms with van der Waals surface area (Å²) >= 11 is 3.42. The Bertz CT molecular complexity index is 625. The fourth-order valence-electron chi connectivity index (χ4n) is 2.17. The molecular formula is C19H23BrFNO3. The lowest BCUT2D eigenvalue weighted by Gasteiger charge is -2.15. The van der Waals surface area contributed by atoms with Crippen molar-refractivity contribution in [3.8, 4) is 0 Å². The minimum atomic E-state index is -0.414. The van der Waals surface area contributed by atoms with E-state index in [4.69, 9.17) is 9.94 Å². The second kappa shape index (κ2) is 12.6. The summed E-state index contributed by atoms with van der Waals surface area (Å²) in [7, 11) is 0. The monoisotopic (exact) mass is 411 g/mol. The number of amides is 1. The Labute approximate surface area is 156 Å². The minimum absolute atomic E-state index is 0.166. The number of hydrogen-bond donors (Lipinski definition) is 2. The van der Waals surface area contributed by atoms with Gasteiger partial charge < -0.3 is 4.74 Å². The van der Waals surface area contributed by atoms with Gasteiger partial charge in [-0.15, -0.1) is 0 Å². The quantitative estimate of drug-likeness (QED) is 0.520. The van der Waals surface area contributed by atoms with Crippen LogP contribution in [0.15, 0.2) is 59.1 Å². The average Bonchev–Trinajstić information content (AvgIpc) is 2.61. The van der Waals surface area contributed by atoms with Crippen LogP contribution in [0.25, 0.3) is 0 Å². The summed E-state index contributed by atoms with van der Waals surface area (Å²) in [4.78, 5) is 11.1. The summed E-state index contributed by atoms with van der Waals surface area (Å²) in [5.74, 6) is -0.592. The molecule has 0 spiro atoms. The van der Waals surface area contributed by atoms with E-state index in [0.717, 1.165) is 17.3 Å². The molecule has 0 aliphatic carbocycles. The van der Waals surface area contributed by atoms with Gasteiger partial charge in [0.15, 0.2) is 0 Å². The van der Waals surface area contributed by atoms with Crippen LogP contribution >= 0.6 is 15.9 Å². The zero-order chi connectivity index (χ0) is 18.5. The fraction of sp³-hybridized carbons (Fsp3) is 0.316. The lowest BCUT2D eigenvalue weighted by atomic mass is 10.0. The summed E-state index contributed by atoms with van der Waals surface area (Å²) in [6.45, 7) is 2.45. The summed E-state index contributed by atoms with van der Waals surface area (Å²) < 4.78 is 18.4. The van der Waals surface area contributed by atoms with Crippen LogP contribution in [0.2, 0.25) is 0 Å². The molecule has 0 aliphatic heterocycles. The number of aryl methyl sites for hydroxylation is 1. The molecule has 0 bridgehead atoms. The first-order valence-corrected chi connectivity index (χ1v) is 8.84. The molecule has 0 fully saturated rings. The number of halogens is 2. The Morgan fingerprint density at radius 2 is 1.96 bits per heavy atom. The van der Waals surface area contributed by atoms with Gasteiger partial charge >= 0.3 is 0 Å². The molecule has 0 heterocycles. The molecule has 1 atom stereocenters. The van der Waals surface area contributed by atoms with Crippen molar-refractivity contribution >= 4 is 21.8 Å². The molecule has 6 heteroatoms. The Morgan fingerprint density at radius 1 is 1.24 bits per heavy atom. The van der Waals surface area contributed by atoms with Crippen molar-refractivity contribution in [1.29, 1.82) is 0 Å². The molecule has 0 unspecified atom stereocenters. The molecule has 2 rings (SSSR count). The van der Waals surface area contributed by atoms with Crippen LogP contribution in [0, 0.1) is 5.82 Å². The number of ether oxygens (including phenoxy) is 1. The van der Waals surface area contributed by atoms with E-state index in [0.29, 0.717) is 6.61 Å². The van der Waals surface area contributed by atoms with Crippen molar-refractivity contribution in [1.82, 2.24) is 5.48 Å². The van der Waals surface area contributed by atoms with Crippen LogP contribution in [0.1, 0.15) is 25.3 Å². The standard InChI is InChI=1S/C13H18BrNO3.C6H5F/c1-2-18-12(9-13(16)15-17)7-6-10-4-3-5-11(14)8-10;7-6-4-2-1-3-5-6/h3-5,8,12,17H,2,6-7,9H2,1H3,(H,15,16);1-5H/t12-;/m0./s1. The predicted octanol–water partition coefficient (Wildman–Crippen LogP) is 4.51. The van der Waals surface area contributed by atoms with E-state index in [-0.39, 0.29) is 18.3 Å². The van der Waals surface area contributed by atoms with Crippen LogP contribution in [-0.2, 0) is 16.0 Å². The maximum Gasteiger partial charge on any atom is 0.245 e. The Morgan fingerprint density at radius 3 is 2.48 bits per heavy atom. The van der Waals surface area contributed by atoms with Gasteiger partial charge in [-0.2, -0.15) is 0 Å². The first-order chi connectivity index (χ1) is 12.0. The molecule has 0 radical (unpaired) electrons. The van der Waals surface area contributed by atoms with Gasteiger partial charge in [0, 0.05) is 11.1 Å². The highest BCUT2D eigenvalue weighted by Crippen LogP contribution is 2.15. The first-order valence-electron chi connectivity index (χ1n) is 8.04. The molecule has 0 saturated heterocycles. The van der Waals surface area contributed by atoms with Gasteiger partial charge in [-0.3, -0.25) is 10.0 Å². The maximum atomic E-state index is 11.9. The van der Waals surface area contributed by atoms with E-state index in [1.165, 1.54) is 17.7 Å². The van der Waals surface area contributed by atoms with Gasteiger partial charge in [0.1, 0.15) is 5.82 Å². The summed E-state index contributed by atoms with van der Waals surface area (Å²) in [5.41, 5.74) is 2.83. The van der Waals surface area contributed by atoms with Crippen LogP contribution in [0.4, 0.5) is 4.39 Å². The van der Waals surface area contributed by atoms with E-state index in [2.05, 4.69) is 22.0 Å². The maximum absolute atomic E-state index is 11.9. The Kier molecular flexibility index (Phi) is 10.7. The van der Waals surface area contributed by atoms with Gasteiger partial charge in [-0.1, -0.05) is 46.3 Å². The van der Waals surface area contributed by atoms with Crippen molar-refractivity contribution in [3.63, 3.8) is 0 Å². The van der Waals surface area contributed by atoms with Crippen LogP contribution in [0.5, 0.6) is 0 Å². The molecule has 4 nitrogen and oxygen atoms in total. The minimum Gasteiger partial charge on any atom is -0.378 e. The van der Waals surface area contributed by atoms with Gasteiger partial charge in [0.05, 0.1) is 12.5 Å². The third kappa shape index (κ3) is 9.96. The van der Waals surface area contributed by atoms with Crippen molar-refractivity contribution in [2.45, 2.75) is 32.3 Å². The zero-order valence-electron chi connectivity index (χ0n) is 14.1. The Balaban J connectivity index is 0.000000370. The molecular weight excluding hydrogens is 389 g/mol. The molecule has 25 heavy (non-hydrogen) atoms. The predicted molar refractivity (Wildman–Crippen MR) is 98.8 cm³/mol. The average molecular weight is 412 g/mol. The van der Waals surface area contributed by atoms with Crippen LogP contribution in [-0.4, -0.2) is 23.8 Å². The largest absolute Gasteiger partial charge is 0.378 e. The molecule has 2 aromatic carbocycles. The molecule has 0 saturated carbocycles. The highest BCUT2D eigenvalue weighted by atomic mass is 79.9. The van der Waals surface area contributed by atoms with E-state index in [9.17, 15) is 9.18 Å². The first kappa shape index (κ1) is 21.3. The third-order valence-corrected chi connectivity index (χ3v) is 3.81. The van der Waals surface area contributed by atoms with E-state index in [1.54, 1.807) is 23.7 Å². The van der Waals surface area contributed by atoms with Crippen LogP contribution in [0.3, 0.4) is 0 Å². The van der Waals surface area contributed by atoms with Crippen molar-refractivity contribution < 1.29 is 19.1 Å². The fourth-order valence-corrected chi connectivity index (χ4v) is 2.61. The normalized spacial score (nSPS) is 11.2. The summed E-state index contributed by atoms with van der Waals surface area (Å²) in [6, 6.07) is 16.0. The third-order valence-electron chi connectivity index (χ3n) is 3.32. The number of rotatable bonds is 7. The lowest BCUT2D eigenvalue weighted by Crippen LogP contribution is -2.26. The van der Waals surface area contributed by atoms with Gasteiger partial charge in [-0.05, 0) is 49.6 Å². The molecule has 2 aromatic rings. The second-order valence-corrected chi connectivity index (χ2v) is 6.20. The van der Waals surface area contributed by atoms with Crippen molar-refractivity contribution in [3.05, 3.63) is 70.5 Å². The summed E-state index contributed by atoms with van der Waals surface area (Å²) in [5, 5.41) is 8.51. The van der Waals surface area contributed by atoms with Crippen molar-refractivity contribution in [2.75, 3.05) is 6.61 Å². The highest BCUT2D eigenvalue weighted by molar-refractivity contribution is 9.10. The molecule has 2 N–H and O–H groups in total. The van der Waals surface area contributed by atoms with Crippen molar-refractivity contribution in [2.24, 2.45) is 0 Å². The van der Waals surface area contributed by atoms with E-state index < -0.39 is 5.91 Å². The Hall–Kier alpha value is -1.76. The summed E-state index contributed by atoms with van der Waals surface area (Å²) in [6.07, 6.45) is 1.60. The second-order valence-electron chi connectivity index (χ2n) is 5.28. The topological polar surface area (TPSA) is 58.6 Å². The lowest BCUT2D eigenvalue weighted by molar-refractivity contribution is -0.132. The number of carbonyl (C=O) groups is 1. The zero-order valence-corrected chi connectivity index (χ0v) is 15.7. The highest BCUT2D eigenvalue weighted by Gasteiger charge is 2.13. The van der Waals surface area contributed by atoms with Gasteiger partial charge in [0.2, 0.25) is 5.91 Å². The molecule has 0 aromatic heterocycles. The van der Waals surface area contributed by atoms with E-state index >= 15 is 0 Å². The number of benzene rings is 2. The van der Waals surface area contributed by atoms with Gasteiger partial charge in [0.25, 0.3) is 0 Å². The SMILES string of the molecule is CCO[C@@H](CCc1cccc(Br)c1)CC(=O)NO.Fc1ccccc1.